The number of piperazine rings is 1. The fourth-order valence-corrected chi connectivity index (χ4v) is 3.35. The van der Waals surface area contributed by atoms with Crippen LogP contribution in [-0.4, -0.2) is 26.2 Å². The molecule has 3 nitrogen and oxygen atoms in total. The summed E-state index contributed by atoms with van der Waals surface area (Å²) in [4.78, 5) is 2.04. The molecule has 0 radical (unpaired) electrons. The van der Waals surface area contributed by atoms with E-state index in [0.29, 0.717) is 31.7 Å². The van der Waals surface area contributed by atoms with Gasteiger partial charge in [0.1, 0.15) is 39.3 Å². The molecule has 0 amide bonds. The summed E-state index contributed by atoms with van der Waals surface area (Å²) < 4.78 is 67.4. The predicted octanol–water partition coefficient (Wildman–Crippen LogP) is 0.737. The average Bonchev–Trinajstić information content (AvgIpc) is 2.70. The van der Waals surface area contributed by atoms with E-state index in [-0.39, 0.29) is 6.54 Å². The van der Waals surface area contributed by atoms with Crippen molar-refractivity contribution in [3.63, 3.8) is 0 Å². The molecule has 2 aromatic rings. The highest BCUT2D eigenvalue weighted by Gasteiger charge is 2.30. The van der Waals surface area contributed by atoms with Gasteiger partial charge in [0.15, 0.2) is 23.3 Å². The highest BCUT2D eigenvalue weighted by atomic mass is 19.2. The maximum atomic E-state index is 13.8. The van der Waals surface area contributed by atoms with Crippen molar-refractivity contribution in [2.45, 2.75) is 13.1 Å². The van der Waals surface area contributed by atoms with Crippen molar-refractivity contribution in [3.8, 4) is 6.07 Å². The summed E-state index contributed by atoms with van der Waals surface area (Å²) >= 11 is 0. The highest BCUT2D eigenvalue weighted by Crippen LogP contribution is 2.22. The van der Waals surface area contributed by atoms with E-state index in [0.717, 1.165) is 17.0 Å². The Labute approximate surface area is 153 Å². The van der Waals surface area contributed by atoms with E-state index in [1.165, 1.54) is 4.90 Å². The van der Waals surface area contributed by atoms with Crippen molar-refractivity contribution in [3.05, 3.63) is 70.0 Å². The normalized spacial score (nSPS) is 19.7. The van der Waals surface area contributed by atoms with E-state index in [1.807, 2.05) is 12.1 Å². The van der Waals surface area contributed by atoms with E-state index in [9.17, 15) is 22.0 Å². The summed E-state index contributed by atoms with van der Waals surface area (Å²) in [6.45, 7) is 3.06. The highest BCUT2D eigenvalue weighted by molar-refractivity contribution is 5.31. The van der Waals surface area contributed by atoms with E-state index in [4.69, 9.17) is 5.26 Å². The molecule has 1 aliphatic heterocycles. The maximum Gasteiger partial charge on any atom is 0.200 e. The number of hydrogen-bond donors (Lipinski definition) is 2. The molecule has 0 aliphatic carbocycles. The Hall–Kier alpha value is -2.50. The largest absolute Gasteiger partial charge is 0.322 e. The van der Waals surface area contributed by atoms with Crippen LogP contribution in [-0.2, 0) is 13.1 Å². The lowest BCUT2D eigenvalue weighted by atomic mass is 10.1. The summed E-state index contributed by atoms with van der Waals surface area (Å²) in [6.07, 6.45) is 0. The Kier molecular flexibility index (Phi) is 5.73. The van der Waals surface area contributed by atoms with Crippen molar-refractivity contribution in [1.82, 2.24) is 0 Å². The first-order valence-electron chi connectivity index (χ1n) is 8.57. The summed E-state index contributed by atoms with van der Waals surface area (Å²) in [5, 5.41) is 8.81. The quantitative estimate of drug-likeness (QED) is 0.456. The first-order chi connectivity index (χ1) is 12.9. The van der Waals surface area contributed by atoms with Crippen LogP contribution in [0.3, 0.4) is 0 Å². The maximum absolute atomic E-state index is 13.8. The van der Waals surface area contributed by atoms with Gasteiger partial charge in [-0.3, -0.25) is 0 Å². The predicted molar refractivity (Wildman–Crippen MR) is 86.2 cm³/mol. The van der Waals surface area contributed by atoms with Gasteiger partial charge in [0, 0.05) is 5.56 Å². The molecular formula is C19H18F5N3+2. The second kappa shape index (κ2) is 8.03. The Bertz CT molecular complexity index is 839. The molecule has 142 valence electrons. The molecule has 2 aromatic carbocycles. The fourth-order valence-electron chi connectivity index (χ4n) is 3.35. The number of nitrogens with zero attached hydrogens (tertiary/aromatic N) is 1. The van der Waals surface area contributed by atoms with Gasteiger partial charge in [-0.15, -0.1) is 0 Å². The smallest absolute Gasteiger partial charge is 0.200 e. The zero-order valence-electron chi connectivity index (χ0n) is 14.4. The number of halogens is 5. The third kappa shape index (κ3) is 4.10. The van der Waals surface area contributed by atoms with Crippen molar-refractivity contribution in [1.29, 1.82) is 5.26 Å². The number of quaternary nitrogens is 2. The lowest BCUT2D eigenvalue weighted by Gasteiger charge is -2.30. The third-order valence-electron chi connectivity index (χ3n) is 4.93. The van der Waals surface area contributed by atoms with Crippen molar-refractivity contribution < 1.29 is 31.8 Å². The molecule has 0 bridgehead atoms. The van der Waals surface area contributed by atoms with E-state index >= 15 is 0 Å². The van der Waals surface area contributed by atoms with Gasteiger partial charge in [-0.05, 0) is 12.1 Å². The van der Waals surface area contributed by atoms with E-state index in [1.54, 1.807) is 12.1 Å². The van der Waals surface area contributed by atoms with Crippen LogP contribution in [0.2, 0.25) is 0 Å². The monoisotopic (exact) mass is 383 g/mol. The Morgan fingerprint density at radius 3 is 1.63 bits per heavy atom. The van der Waals surface area contributed by atoms with Crippen LogP contribution in [0.25, 0.3) is 0 Å². The van der Waals surface area contributed by atoms with Gasteiger partial charge in [-0.2, -0.15) is 5.26 Å². The lowest BCUT2D eigenvalue weighted by Crippen LogP contribution is -3.27. The van der Waals surface area contributed by atoms with Crippen LogP contribution in [0.5, 0.6) is 0 Å². The summed E-state index contributed by atoms with van der Waals surface area (Å²) in [5.41, 5.74) is 0.912. The van der Waals surface area contributed by atoms with Crippen LogP contribution in [0.15, 0.2) is 24.3 Å². The summed E-state index contributed by atoms with van der Waals surface area (Å²) in [7, 11) is 0. The summed E-state index contributed by atoms with van der Waals surface area (Å²) in [5.74, 6) is -9.40. The fraction of sp³-hybridized carbons (Fsp3) is 0.316. The Morgan fingerprint density at radius 1 is 0.704 bits per heavy atom. The van der Waals surface area contributed by atoms with Gasteiger partial charge in [-0.1, -0.05) is 12.1 Å². The minimum absolute atomic E-state index is 0.240. The topological polar surface area (TPSA) is 32.7 Å². The number of nitriles is 1. The van der Waals surface area contributed by atoms with Gasteiger partial charge in [0.05, 0.1) is 17.2 Å². The minimum Gasteiger partial charge on any atom is -0.322 e. The van der Waals surface area contributed by atoms with Gasteiger partial charge in [-0.25, -0.2) is 22.0 Å². The molecule has 2 N–H and O–H groups in total. The molecule has 1 saturated heterocycles. The minimum atomic E-state index is -2.12. The number of hydrogen-bond acceptors (Lipinski definition) is 1. The second-order valence-corrected chi connectivity index (χ2v) is 6.71. The molecule has 0 aromatic heterocycles. The molecule has 1 fully saturated rings. The Morgan fingerprint density at radius 2 is 1.15 bits per heavy atom. The first kappa shape index (κ1) is 19.3. The molecule has 27 heavy (non-hydrogen) atoms. The Balaban J connectivity index is 1.61. The number of nitrogens with one attached hydrogen (secondary N) is 2. The van der Waals surface area contributed by atoms with E-state index < -0.39 is 34.6 Å². The zero-order valence-corrected chi connectivity index (χ0v) is 14.4. The van der Waals surface area contributed by atoms with Crippen molar-refractivity contribution >= 4 is 0 Å². The number of rotatable bonds is 4. The van der Waals surface area contributed by atoms with Crippen LogP contribution < -0.4 is 9.80 Å². The van der Waals surface area contributed by atoms with Gasteiger partial charge in [0.25, 0.3) is 0 Å². The molecule has 3 rings (SSSR count). The van der Waals surface area contributed by atoms with Crippen LogP contribution in [0.4, 0.5) is 22.0 Å². The van der Waals surface area contributed by atoms with Gasteiger partial charge in [0.2, 0.25) is 5.82 Å². The van der Waals surface area contributed by atoms with Crippen molar-refractivity contribution in [2.75, 3.05) is 26.2 Å². The first-order valence-corrected chi connectivity index (χ1v) is 8.57. The van der Waals surface area contributed by atoms with Crippen LogP contribution in [0.1, 0.15) is 16.7 Å². The van der Waals surface area contributed by atoms with Gasteiger partial charge >= 0.3 is 0 Å². The zero-order chi connectivity index (χ0) is 19.6. The average molecular weight is 383 g/mol. The van der Waals surface area contributed by atoms with Gasteiger partial charge < -0.3 is 9.80 Å². The molecule has 0 atom stereocenters. The molecule has 1 aliphatic rings. The molecular weight excluding hydrogens is 365 g/mol. The lowest BCUT2D eigenvalue weighted by molar-refractivity contribution is -1.02. The molecule has 0 saturated carbocycles. The second-order valence-electron chi connectivity index (χ2n) is 6.71. The number of benzene rings is 2. The van der Waals surface area contributed by atoms with Crippen LogP contribution >= 0.6 is 0 Å². The van der Waals surface area contributed by atoms with E-state index in [2.05, 4.69) is 6.07 Å². The molecule has 0 spiro atoms. The van der Waals surface area contributed by atoms with Crippen molar-refractivity contribution in [2.24, 2.45) is 0 Å². The molecule has 1 heterocycles. The standard InChI is InChI=1S/C19H16F5N3/c20-15-14(16(21)18(23)19(24)17(15)22)11-27-7-5-26(6-8-27)10-13-3-1-12(9-25)2-4-13/h1-4H,5-8,10-11H2/p+2. The summed E-state index contributed by atoms with van der Waals surface area (Å²) in [6, 6.07) is 9.33. The SMILES string of the molecule is N#Cc1ccc(C[NH+]2CC[NH+](Cc3c(F)c(F)c(F)c(F)c3F)CC2)cc1. The molecule has 8 heteroatoms. The third-order valence-corrected chi connectivity index (χ3v) is 4.93. The molecule has 0 unspecified atom stereocenters. The van der Waals surface area contributed by atoms with Crippen LogP contribution in [0, 0.1) is 40.4 Å².